The van der Waals surface area contributed by atoms with Crippen LogP contribution < -0.4 is 11.1 Å². The van der Waals surface area contributed by atoms with Crippen LogP contribution in [0.3, 0.4) is 0 Å². The molecule has 1 saturated carbocycles. The second-order valence-corrected chi connectivity index (χ2v) is 5.57. The van der Waals surface area contributed by atoms with E-state index in [-0.39, 0.29) is 10.9 Å². The van der Waals surface area contributed by atoms with Crippen LogP contribution in [-0.2, 0) is 4.79 Å². The van der Waals surface area contributed by atoms with Crippen molar-refractivity contribution >= 4 is 40.4 Å². The molecule has 1 aliphatic rings. The first-order valence-electron chi connectivity index (χ1n) is 5.83. The summed E-state index contributed by atoms with van der Waals surface area (Å²) in [5.74, 6) is -0.124. The molecule has 1 fully saturated rings. The minimum Gasteiger partial charge on any atom is -0.392 e. The van der Waals surface area contributed by atoms with E-state index in [1.807, 2.05) is 19.1 Å². The highest BCUT2D eigenvalue weighted by Gasteiger charge is 2.46. The van der Waals surface area contributed by atoms with Gasteiger partial charge in [-0.1, -0.05) is 36.3 Å². The molecular weight excluding hydrogens is 268 g/mol. The summed E-state index contributed by atoms with van der Waals surface area (Å²) in [4.78, 5) is 12.5. The van der Waals surface area contributed by atoms with Gasteiger partial charge in [0.15, 0.2) is 0 Å². The number of halogens is 1. The summed E-state index contributed by atoms with van der Waals surface area (Å²) < 4.78 is 0. The van der Waals surface area contributed by atoms with Gasteiger partial charge >= 0.3 is 0 Å². The molecule has 0 aromatic heterocycles. The van der Waals surface area contributed by atoms with E-state index in [0.717, 1.165) is 24.8 Å². The van der Waals surface area contributed by atoms with Crippen LogP contribution in [0.2, 0.25) is 5.02 Å². The Kier molecular flexibility index (Phi) is 3.59. The van der Waals surface area contributed by atoms with Crippen LogP contribution in [0, 0.1) is 12.3 Å². The van der Waals surface area contributed by atoms with Gasteiger partial charge in [0.1, 0.15) is 0 Å². The molecule has 96 valence electrons. The average molecular weight is 283 g/mol. The van der Waals surface area contributed by atoms with Crippen LogP contribution in [0.1, 0.15) is 24.8 Å². The fraction of sp³-hybridized carbons (Fsp3) is 0.385. The molecule has 5 heteroatoms. The molecule has 2 rings (SSSR count). The molecule has 3 N–H and O–H groups in total. The molecule has 3 nitrogen and oxygen atoms in total. The Labute approximate surface area is 117 Å². The van der Waals surface area contributed by atoms with Gasteiger partial charge in [-0.3, -0.25) is 4.79 Å². The third kappa shape index (κ3) is 2.22. The minimum absolute atomic E-state index is 0.124. The monoisotopic (exact) mass is 282 g/mol. The van der Waals surface area contributed by atoms with E-state index in [9.17, 15) is 4.79 Å². The maximum atomic E-state index is 12.2. The average Bonchev–Trinajstić information content (AvgIpc) is 2.21. The number of anilines is 1. The van der Waals surface area contributed by atoms with Crippen molar-refractivity contribution in [3.63, 3.8) is 0 Å². The van der Waals surface area contributed by atoms with Gasteiger partial charge in [0.05, 0.1) is 10.4 Å². The van der Waals surface area contributed by atoms with Crippen molar-refractivity contribution in [1.29, 1.82) is 0 Å². The third-order valence-electron chi connectivity index (χ3n) is 3.54. The normalized spacial score (nSPS) is 16.8. The van der Waals surface area contributed by atoms with Gasteiger partial charge in [0.25, 0.3) is 0 Å². The van der Waals surface area contributed by atoms with E-state index < -0.39 is 5.41 Å². The zero-order valence-corrected chi connectivity index (χ0v) is 11.7. The van der Waals surface area contributed by atoms with Crippen LogP contribution in [0.4, 0.5) is 5.69 Å². The molecule has 0 spiro atoms. The Morgan fingerprint density at radius 2 is 2.17 bits per heavy atom. The number of benzene rings is 1. The summed E-state index contributed by atoms with van der Waals surface area (Å²) in [6.45, 7) is 1.91. The van der Waals surface area contributed by atoms with E-state index >= 15 is 0 Å². The highest BCUT2D eigenvalue weighted by Crippen LogP contribution is 2.42. The van der Waals surface area contributed by atoms with E-state index in [1.165, 1.54) is 0 Å². The Balaban J connectivity index is 2.16. The second-order valence-electron chi connectivity index (χ2n) is 4.72. The fourth-order valence-corrected chi connectivity index (χ4v) is 2.51. The summed E-state index contributed by atoms with van der Waals surface area (Å²) in [6.07, 6.45) is 2.45. The number of carbonyl (C=O) groups excluding carboxylic acids is 1. The van der Waals surface area contributed by atoms with Crippen LogP contribution in [-0.4, -0.2) is 10.9 Å². The zero-order chi connectivity index (χ0) is 13.3. The van der Waals surface area contributed by atoms with Gasteiger partial charge in [0.2, 0.25) is 5.91 Å². The molecule has 0 bridgehead atoms. The van der Waals surface area contributed by atoms with Gasteiger partial charge < -0.3 is 11.1 Å². The molecule has 18 heavy (non-hydrogen) atoms. The number of thiocarbonyl (C=S) groups is 1. The first kappa shape index (κ1) is 13.3. The van der Waals surface area contributed by atoms with Crippen molar-refractivity contribution in [3.8, 4) is 0 Å². The number of aryl methyl sites for hydroxylation is 1. The number of hydrogen-bond acceptors (Lipinski definition) is 2. The van der Waals surface area contributed by atoms with Gasteiger partial charge in [-0.15, -0.1) is 0 Å². The number of nitrogens with two attached hydrogens (primary N) is 1. The molecule has 0 radical (unpaired) electrons. The highest BCUT2D eigenvalue weighted by molar-refractivity contribution is 7.80. The van der Waals surface area contributed by atoms with Crippen LogP contribution in [0.15, 0.2) is 18.2 Å². The number of hydrogen-bond donors (Lipinski definition) is 2. The van der Waals surface area contributed by atoms with E-state index in [4.69, 9.17) is 29.6 Å². The largest absolute Gasteiger partial charge is 0.392 e. The topological polar surface area (TPSA) is 55.1 Å². The molecule has 0 unspecified atom stereocenters. The summed E-state index contributed by atoms with van der Waals surface area (Å²) in [5.41, 5.74) is 6.68. The van der Waals surface area contributed by atoms with Gasteiger partial charge in [0, 0.05) is 10.7 Å². The van der Waals surface area contributed by atoms with E-state index in [2.05, 4.69) is 5.32 Å². The van der Waals surface area contributed by atoms with E-state index in [0.29, 0.717) is 10.7 Å². The number of nitrogens with one attached hydrogen (secondary N) is 1. The molecule has 1 aromatic carbocycles. The molecule has 1 aromatic rings. The Morgan fingerprint density at radius 1 is 1.50 bits per heavy atom. The molecular formula is C13H15ClN2OS. The summed E-state index contributed by atoms with van der Waals surface area (Å²) in [7, 11) is 0. The minimum atomic E-state index is -0.660. The Morgan fingerprint density at radius 3 is 2.61 bits per heavy atom. The second kappa shape index (κ2) is 4.86. The van der Waals surface area contributed by atoms with Crippen LogP contribution in [0.5, 0.6) is 0 Å². The molecule has 1 amide bonds. The zero-order valence-electron chi connectivity index (χ0n) is 10.1. The first-order chi connectivity index (χ1) is 8.45. The van der Waals surface area contributed by atoms with Crippen molar-refractivity contribution in [2.24, 2.45) is 11.1 Å². The van der Waals surface area contributed by atoms with Crippen molar-refractivity contribution in [2.45, 2.75) is 26.2 Å². The van der Waals surface area contributed by atoms with Gasteiger partial charge in [-0.05, 0) is 37.5 Å². The van der Waals surface area contributed by atoms with Gasteiger partial charge in [-0.2, -0.15) is 0 Å². The fourth-order valence-electron chi connectivity index (χ4n) is 2.04. The maximum absolute atomic E-state index is 12.2. The Hall–Kier alpha value is -1.13. The van der Waals surface area contributed by atoms with Crippen LogP contribution >= 0.6 is 23.8 Å². The summed E-state index contributed by atoms with van der Waals surface area (Å²) in [5, 5.41) is 3.47. The highest BCUT2D eigenvalue weighted by atomic mass is 35.5. The summed E-state index contributed by atoms with van der Waals surface area (Å²) in [6, 6.07) is 5.43. The molecule has 0 saturated heterocycles. The molecule has 0 atom stereocenters. The number of amides is 1. The molecule has 1 aliphatic carbocycles. The lowest BCUT2D eigenvalue weighted by Gasteiger charge is -2.39. The predicted octanol–water partition coefficient (Wildman–Crippen LogP) is 3.04. The van der Waals surface area contributed by atoms with Crippen molar-refractivity contribution < 1.29 is 4.79 Å². The SMILES string of the molecule is Cc1ccc(NC(=O)C2(C(N)=S)CCC2)cc1Cl. The first-order valence-corrected chi connectivity index (χ1v) is 6.62. The van der Waals surface area contributed by atoms with Crippen molar-refractivity contribution in [1.82, 2.24) is 0 Å². The predicted molar refractivity (Wildman–Crippen MR) is 77.9 cm³/mol. The quantitative estimate of drug-likeness (QED) is 0.838. The van der Waals surface area contributed by atoms with E-state index in [1.54, 1.807) is 6.07 Å². The lowest BCUT2D eigenvalue weighted by Crippen LogP contribution is -2.50. The summed E-state index contributed by atoms with van der Waals surface area (Å²) >= 11 is 11.0. The lowest BCUT2D eigenvalue weighted by molar-refractivity contribution is -0.125. The standard InChI is InChI=1S/C13H15ClN2OS/c1-8-3-4-9(7-10(8)14)16-12(17)13(11(15)18)5-2-6-13/h3-4,7H,2,5-6H2,1H3,(H2,15,18)(H,16,17). The third-order valence-corrected chi connectivity index (χ3v) is 4.34. The lowest BCUT2D eigenvalue weighted by atomic mass is 9.68. The number of carbonyl (C=O) groups is 1. The van der Waals surface area contributed by atoms with Crippen molar-refractivity contribution in [3.05, 3.63) is 28.8 Å². The van der Waals surface area contributed by atoms with Crippen molar-refractivity contribution in [2.75, 3.05) is 5.32 Å². The maximum Gasteiger partial charge on any atom is 0.237 e. The van der Waals surface area contributed by atoms with Crippen LogP contribution in [0.25, 0.3) is 0 Å². The Bertz CT molecular complexity index is 512. The smallest absolute Gasteiger partial charge is 0.237 e. The number of rotatable bonds is 3. The molecule has 0 aliphatic heterocycles. The van der Waals surface area contributed by atoms with Gasteiger partial charge in [-0.25, -0.2) is 0 Å². The molecule has 0 heterocycles.